The molecule has 21 heavy (non-hydrogen) atoms. The van der Waals surface area contributed by atoms with Crippen molar-refractivity contribution in [2.75, 3.05) is 19.4 Å². The fourth-order valence-corrected chi connectivity index (χ4v) is 3.06. The Bertz CT molecular complexity index is 651. The first-order chi connectivity index (χ1) is 9.88. The first-order valence-corrected chi connectivity index (χ1v) is 7.58. The second kappa shape index (κ2) is 6.22. The van der Waals surface area contributed by atoms with E-state index in [4.69, 9.17) is 0 Å². The number of amides is 1. The van der Waals surface area contributed by atoms with E-state index in [1.54, 1.807) is 37.7 Å². The Morgan fingerprint density at radius 3 is 2.67 bits per heavy atom. The van der Waals surface area contributed by atoms with E-state index in [0.29, 0.717) is 5.69 Å². The van der Waals surface area contributed by atoms with Gasteiger partial charge in [-0.25, -0.2) is 4.98 Å². The molecule has 0 aliphatic rings. The highest BCUT2D eigenvalue weighted by Gasteiger charge is 2.14. The lowest BCUT2D eigenvalue weighted by Crippen LogP contribution is -2.22. The summed E-state index contributed by atoms with van der Waals surface area (Å²) >= 11 is 1.69. The van der Waals surface area contributed by atoms with Gasteiger partial charge in [0.15, 0.2) is 0 Å². The van der Waals surface area contributed by atoms with Crippen LogP contribution < -0.4 is 5.32 Å². The molecule has 0 radical (unpaired) electrons. The molecular weight excluding hydrogens is 284 g/mol. The number of aromatic nitrogens is 2. The number of pyridine rings is 1. The first-order valence-electron chi connectivity index (χ1n) is 6.76. The average molecular weight is 304 g/mol. The molecule has 0 bridgehead atoms. The number of nitrogens with zero attached hydrogens (tertiary/aromatic N) is 3. The maximum Gasteiger partial charge on any atom is 0.272 e. The van der Waals surface area contributed by atoms with Gasteiger partial charge in [-0.05, 0) is 32.9 Å². The normalized spacial score (nSPS) is 12.0. The number of aryl methyl sites for hydroxylation is 2. The van der Waals surface area contributed by atoms with Crippen LogP contribution in [-0.2, 0) is 0 Å². The molecule has 0 aliphatic heterocycles. The molecule has 2 rings (SSSR count). The Balaban J connectivity index is 2.18. The summed E-state index contributed by atoms with van der Waals surface area (Å²) in [6.45, 7) is 6.12. The number of nitrogens with one attached hydrogen (secondary N) is 1. The maximum atomic E-state index is 11.9. The zero-order chi connectivity index (χ0) is 15.6. The quantitative estimate of drug-likeness (QED) is 0.943. The van der Waals surface area contributed by atoms with E-state index >= 15 is 0 Å². The molecule has 0 saturated heterocycles. The van der Waals surface area contributed by atoms with Crippen LogP contribution in [0.4, 0.5) is 5.69 Å². The summed E-state index contributed by atoms with van der Waals surface area (Å²) in [6.07, 6.45) is 1.65. The molecule has 1 atom stereocenters. The highest BCUT2D eigenvalue weighted by Crippen LogP contribution is 2.27. The van der Waals surface area contributed by atoms with Crippen LogP contribution in [0, 0.1) is 13.8 Å². The van der Waals surface area contributed by atoms with E-state index in [-0.39, 0.29) is 11.9 Å². The van der Waals surface area contributed by atoms with E-state index in [1.165, 1.54) is 9.78 Å². The Labute approximate surface area is 129 Å². The van der Waals surface area contributed by atoms with E-state index in [1.807, 2.05) is 19.9 Å². The van der Waals surface area contributed by atoms with Gasteiger partial charge in [0.2, 0.25) is 0 Å². The van der Waals surface area contributed by atoms with Crippen molar-refractivity contribution in [2.45, 2.75) is 26.8 Å². The molecule has 1 N–H and O–H groups in total. The molecule has 1 unspecified atom stereocenters. The SMILES string of the molecule is Cc1nc(C)c(C(C)Nc2ccnc(C(=O)N(C)C)c2)s1. The number of rotatable bonds is 4. The number of hydrogen-bond acceptors (Lipinski definition) is 5. The second-order valence-corrected chi connectivity index (χ2v) is 6.41. The minimum atomic E-state index is -0.101. The van der Waals surface area contributed by atoms with Crippen molar-refractivity contribution in [1.82, 2.24) is 14.9 Å². The fraction of sp³-hybridized carbons (Fsp3) is 0.400. The van der Waals surface area contributed by atoms with Gasteiger partial charge in [0.1, 0.15) is 5.69 Å². The molecule has 0 aliphatic carbocycles. The Kier molecular flexibility index (Phi) is 4.57. The maximum absolute atomic E-state index is 11.9. The summed E-state index contributed by atoms with van der Waals surface area (Å²) in [5, 5.41) is 4.47. The summed E-state index contributed by atoms with van der Waals surface area (Å²) in [7, 11) is 3.44. The van der Waals surface area contributed by atoms with Crippen LogP contribution in [0.5, 0.6) is 0 Å². The lowest BCUT2D eigenvalue weighted by Gasteiger charge is -2.15. The minimum absolute atomic E-state index is 0.101. The zero-order valence-electron chi connectivity index (χ0n) is 13.0. The zero-order valence-corrected chi connectivity index (χ0v) is 13.8. The average Bonchev–Trinajstić information content (AvgIpc) is 2.77. The molecule has 1 amide bonds. The lowest BCUT2D eigenvalue weighted by molar-refractivity contribution is 0.0822. The number of carbonyl (C=O) groups is 1. The Morgan fingerprint density at radius 1 is 1.38 bits per heavy atom. The number of anilines is 1. The standard InChI is InChI=1S/C15H20N4OS/c1-9-14(21-11(3)17-9)10(2)18-12-6-7-16-13(8-12)15(20)19(4)5/h6-8,10H,1-5H3,(H,16,18). The molecule has 2 aromatic heterocycles. The summed E-state index contributed by atoms with van der Waals surface area (Å²) in [5.74, 6) is -0.101. The fourth-order valence-electron chi connectivity index (χ4n) is 2.13. The van der Waals surface area contributed by atoms with Crippen molar-refractivity contribution in [3.05, 3.63) is 39.6 Å². The molecule has 112 valence electrons. The van der Waals surface area contributed by atoms with Crippen molar-refractivity contribution >= 4 is 22.9 Å². The lowest BCUT2D eigenvalue weighted by atomic mass is 10.2. The Hall–Kier alpha value is -1.95. The predicted molar refractivity (Wildman–Crippen MR) is 85.9 cm³/mol. The summed E-state index contributed by atoms with van der Waals surface area (Å²) in [4.78, 5) is 23.2. The second-order valence-electron chi connectivity index (χ2n) is 5.18. The van der Waals surface area contributed by atoms with E-state index < -0.39 is 0 Å². The summed E-state index contributed by atoms with van der Waals surface area (Å²) in [6, 6.07) is 3.79. The van der Waals surface area contributed by atoms with Crippen molar-refractivity contribution in [1.29, 1.82) is 0 Å². The third kappa shape index (κ3) is 3.58. The largest absolute Gasteiger partial charge is 0.378 e. The van der Waals surface area contributed by atoms with Gasteiger partial charge in [-0.2, -0.15) is 0 Å². The van der Waals surface area contributed by atoms with Crippen LogP contribution >= 0.6 is 11.3 Å². The number of thiazole rings is 1. The van der Waals surface area contributed by atoms with E-state index in [9.17, 15) is 4.79 Å². The monoisotopic (exact) mass is 304 g/mol. The van der Waals surface area contributed by atoms with E-state index in [2.05, 4.69) is 22.2 Å². The molecular formula is C15H20N4OS. The predicted octanol–water partition coefficient (Wildman–Crippen LogP) is 3.03. The van der Waals surface area contributed by atoms with Crippen LogP contribution in [0.3, 0.4) is 0 Å². The molecule has 0 saturated carbocycles. The molecule has 2 heterocycles. The van der Waals surface area contributed by atoms with Crippen LogP contribution in [-0.4, -0.2) is 34.9 Å². The number of carbonyl (C=O) groups excluding carboxylic acids is 1. The van der Waals surface area contributed by atoms with Gasteiger partial charge in [0.25, 0.3) is 5.91 Å². The molecule has 0 fully saturated rings. The van der Waals surface area contributed by atoms with Crippen molar-refractivity contribution in [3.63, 3.8) is 0 Å². The van der Waals surface area contributed by atoms with Crippen molar-refractivity contribution in [3.8, 4) is 0 Å². The molecule has 0 spiro atoms. The molecule has 0 aromatic carbocycles. The van der Waals surface area contributed by atoms with Crippen LogP contribution in [0.1, 0.15) is 39.0 Å². The molecule has 6 heteroatoms. The van der Waals surface area contributed by atoms with Crippen molar-refractivity contribution < 1.29 is 4.79 Å². The van der Waals surface area contributed by atoms with Gasteiger partial charge in [-0.15, -0.1) is 11.3 Å². The van der Waals surface area contributed by atoms with Gasteiger partial charge >= 0.3 is 0 Å². The van der Waals surface area contributed by atoms with E-state index in [0.717, 1.165) is 16.4 Å². The minimum Gasteiger partial charge on any atom is -0.378 e. The third-order valence-corrected chi connectivity index (χ3v) is 4.36. The van der Waals surface area contributed by atoms with Gasteiger partial charge in [-0.3, -0.25) is 9.78 Å². The van der Waals surface area contributed by atoms with Gasteiger partial charge in [0.05, 0.1) is 16.7 Å². The number of hydrogen-bond donors (Lipinski definition) is 1. The summed E-state index contributed by atoms with van der Waals surface area (Å²) < 4.78 is 0. The molecule has 5 nitrogen and oxygen atoms in total. The smallest absolute Gasteiger partial charge is 0.272 e. The Morgan fingerprint density at radius 2 is 2.10 bits per heavy atom. The highest BCUT2D eigenvalue weighted by atomic mass is 32.1. The van der Waals surface area contributed by atoms with Gasteiger partial charge in [0, 0.05) is 30.9 Å². The van der Waals surface area contributed by atoms with Crippen LogP contribution in [0.2, 0.25) is 0 Å². The third-order valence-electron chi connectivity index (χ3n) is 3.10. The summed E-state index contributed by atoms with van der Waals surface area (Å²) in [5.41, 5.74) is 2.37. The van der Waals surface area contributed by atoms with Crippen LogP contribution in [0.25, 0.3) is 0 Å². The van der Waals surface area contributed by atoms with Gasteiger partial charge in [-0.1, -0.05) is 0 Å². The first kappa shape index (κ1) is 15.4. The van der Waals surface area contributed by atoms with Crippen LogP contribution in [0.15, 0.2) is 18.3 Å². The van der Waals surface area contributed by atoms with Gasteiger partial charge < -0.3 is 10.2 Å². The topological polar surface area (TPSA) is 58.1 Å². The highest BCUT2D eigenvalue weighted by molar-refractivity contribution is 7.11. The van der Waals surface area contributed by atoms with Crippen molar-refractivity contribution in [2.24, 2.45) is 0 Å². The molecule has 2 aromatic rings.